The molecule has 1 saturated heterocycles. The summed E-state index contributed by atoms with van der Waals surface area (Å²) in [6, 6.07) is 6.66. The van der Waals surface area contributed by atoms with Gasteiger partial charge in [0.05, 0.1) is 13.2 Å². The fourth-order valence-electron chi connectivity index (χ4n) is 2.60. The molecular formula is C17H23N3O4. The Morgan fingerprint density at radius 3 is 2.38 bits per heavy atom. The zero-order valence-electron chi connectivity index (χ0n) is 14.4. The summed E-state index contributed by atoms with van der Waals surface area (Å²) in [5.74, 6) is -0.0412. The van der Waals surface area contributed by atoms with Gasteiger partial charge in [-0.2, -0.15) is 0 Å². The van der Waals surface area contributed by atoms with E-state index in [1.54, 1.807) is 21.0 Å². The average molecular weight is 333 g/mol. The fourth-order valence-corrected chi connectivity index (χ4v) is 2.60. The first-order chi connectivity index (χ1) is 11.3. The Bertz CT molecular complexity index is 640. The van der Waals surface area contributed by atoms with Gasteiger partial charge in [-0.15, -0.1) is 0 Å². The molecule has 7 nitrogen and oxygen atoms in total. The monoisotopic (exact) mass is 333 g/mol. The zero-order chi connectivity index (χ0) is 17.9. The summed E-state index contributed by atoms with van der Waals surface area (Å²) < 4.78 is 5.12. The van der Waals surface area contributed by atoms with Gasteiger partial charge in [0.15, 0.2) is 0 Å². The summed E-state index contributed by atoms with van der Waals surface area (Å²) >= 11 is 0. The predicted octanol–water partition coefficient (Wildman–Crippen LogP) is 1.59. The topological polar surface area (TPSA) is 87.7 Å². The van der Waals surface area contributed by atoms with Gasteiger partial charge >= 0.3 is 6.03 Å². The van der Waals surface area contributed by atoms with Crippen LogP contribution in [0.15, 0.2) is 24.3 Å². The second-order valence-electron chi connectivity index (χ2n) is 6.25. The van der Waals surface area contributed by atoms with Gasteiger partial charge in [0.25, 0.3) is 5.91 Å². The normalized spacial score (nSPS) is 17.4. The number of imide groups is 1. The van der Waals surface area contributed by atoms with E-state index in [0.29, 0.717) is 6.42 Å². The SMILES string of the molecule is CC[C@@H](NC(=O)CN1C(=O)NC(C)(C)C1=O)c1ccc(OC)cc1. The van der Waals surface area contributed by atoms with E-state index < -0.39 is 17.5 Å². The van der Waals surface area contributed by atoms with E-state index in [2.05, 4.69) is 10.6 Å². The molecule has 0 unspecified atom stereocenters. The predicted molar refractivity (Wildman–Crippen MR) is 88.5 cm³/mol. The van der Waals surface area contributed by atoms with Gasteiger partial charge in [-0.25, -0.2) is 4.79 Å². The molecule has 130 valence electrons. The summed E-state index contributed by atoms with van der Waals surface area (Å²) in [6.07, 6.45) is 0.684. The molecule has 2 N–H and O–H groups in total. The van der Waals surface area contributed by atoms with Gasteiger partial charge in [-0.1, -0.05) is 19.1 Å². The molecule has 0 saturated carbocycles. The highest BCUT2D eigenvalue weighted by molar-refractivity contribution is 6.08. The van der Waals surface area contributed by atoms with Crippen LogP contribution in [0.4, 0.5) is 4.79 Å². The smallest absolute Gasteiger partial charge is 0.325 e. The van der Waals surface area contributed by atoms with Crippen LogP contribution < -0.4 is 15.4 Å². The molecule has 4 amide bonds. The Balaban J connectivity index is 2.02. The molecule has 1 heterocycles. The first-order valence-electron chi connectivity index (χ1n) is 7.86. The lowest BCUT2D eigenvalue weighted by atomic mass is 10.0. The lowest BCUT2D eigenvalue weighted by Gasteiger charge is -2.20. The Kier molecular flexibility index (Phi) is 5.11. The molecule has 1 atom stereocenters. The summed E-state index contributed by atoms with van der Waals surface area (Å²) in [5.41, 5.74) is -0.0403. The third kappa shape index (κ3) is 3.67. The van der Waals surface area contributed by atoms with Crippen molar-refractivity contribution >= 4 is 17.8 Å². The van der Waals surface area contributed by atoms with Gasteiger partial charge in [0.1, 0.15) is 17.8 Å². The molecule has 1 aliphatic heterocycles. The first kappa shape index (κ1) is 17.8. The molecule has 0 spiro atoms. The van der Waals surface area contributed by atoms with Gasteiger partial charge in [-0.05, 0) is 38.0 Å². The third-order valence-corrected chi connectivity index (χ3v) is 4.01. The molecule has 0 radical (unpaired) electrons. The van der Waals surface area contributed by atoms with Crippen molar-refractivity contribution in [3.63, 3.8) is 0 Å². The van der Waals surface area contributed by atoms with Crippen LogP contribution in [0, 0.1) is 0 Å². The quantitative estimate of drug-likeness (QED) is 0.774. The van der Waals surface area contributed by atoms with Crippen molar-refractivity contribution in [3.05, 3.63) is 29.8 Å². The Morgan fingerprint density at radius 1 is 1.29 bits per heavy atom. The Morgan fingerprint density at radius 2 is 1.92 bits per heavy atom. The van der Waals surface area contributed by atoms with Crippen LogP contribution in [0.1, 0.15) is 38.8 Å². The number of methoxy groups -OCH3 is 1. The molecule has 1 aromatic carbocycles. The van der Waals surface area contributed by atoms with E-state index in [0.717, 1.165) is 16.2 Å². The third-order valence-electron chi connectivity index (χ3n) is 4.01. The second-order valence-corrected chi connectivity index (χ2v) is 6.25. The Labute approximate surface area is 141 Å². The number of nitrogens with one attached hydrogen (secondary N) is 2. The number of carbonyl (C=O) groups is 3. The minimum atomic E-state index is -0.975. The first-order valence-corrected chi connectivity index (χ1v) is 7.86. The van der Waals surface area contributed by atoms with Gasteiger partial charge in [0, 0.05) is 0 Å². The molecule has 0 aliphatic carbocycles. The number of carbonyl (C=O) groups excluding carboxylic acids is 3. The van der Waals surface area contributed by atoms with Crippen molar-refractivity contribution in [3.8, 4) is 5.75 Å². The van der Waals surface area contributed by atoms with Crippen LogP contribution in [0.3, 0.4) is 0 Å². The summed E-state index contributed by atoms with van der Waals surface area (Å²) in [6.45, 7) is 4.88. The molecule has 0 bridgehead atoms. The second kappa shape index (κ2) is 6.90. The van der Waals surface area contributed by atoms with Crippen LogP contribution >= 0.6 is 0 Å². The molecule has 1 aromatic rings. The van der Waals surface area contributed by atoms with Crippen molar-refractivity contribution in [1.29, 1.82) is 0 Å². The van der Waals surface area contributed by atoms with Crippen molar-refractivity contribution < 1.29 is 19.1 Å². The highest BCUT2D eigenvalue weighted by Crippen LogP contribution is 2.21. The molecule has 24 heavy (non-hydrogen) atoms. The van der Waals surface area contributed by atoms with E-state index in [1.165, 1.54) is 0 Å². The average Bonchev–Trinajstić information content (AvgIpc) is 2.74. The molecule has 7 heteroatoms. The van der Waals surface area contributed by atoms with Gasteiger partial charge < -0.3 is 15.4 Å². The highest BCUT2D eigenvalue weighted by atomic mass is 16.5. The summed E-state index contributed by atoms with van der Waals surface area (Å²) in [4.78, 5) is 37.1. The number of hydrogen-bond acceptors (Lipinski definition) is 4. The number of benzene rings is 1. The van der Waals surface area contributed by atoms with Crippen LogP contribution in [-0.4, -0.2) is 41.9 Å². The maximum Gasteiger partial charge on any atom is 0.325 e. The lowest BCUT2D eigenvalue weighted by molar-refractivity contribution is -0.134. The van der Waals surface area contributed by atoms with Gasteiger partial charge in [-0.3, -0.25) is 14.5 Å². The lowest BCUT2D eigenvalue weighted by Crippen LogP contribution is -2.43. The van der Waals surface area contributed by atoms with Crippen LogP contribution in [-0.2, 0) is 9.59 Å². The summed E-state index contributed by atoms with van der Waals surface area (Å²) in [7, 11) is 1.59. The van der Waals surface area contributed by atoms with Crippen LogP contribution in [0.25, 0.3) is 0 Å². The zero-order valence-corrected chi connectivity index (χ0v) is 14.4. The van der Waals surface area contributed by atoms with Crippen molar-refractivity contribution in [2.24, 2.45) is 0 Å². The minimum absolute atomic E-state index is 0.197. The molecule has 1 aliphatic rings. The maximum absolute atomic E-state index is 12.3. The van der Waals surface area contributed by atoms with E-state index in [9.17, 15) is 14.4 Å². The molecular weight excluding hydrogens is 310 g/mol. The van der Waals surface area contributed by atoms with Crippen molar-refractivity contribution in [2.75, 3.05) is 13.7 Å². The fraction of sp³-hybridized carbons (Fsp3) is 0.471. The number of amides is 4. The molecule has 0 aromatic heterocycles. The number of hydrogen-bond donors (Lipinski definition) is 2. The van der Waals surface area contributed by atoms with E-state index >= 15 is 0 Å². The Hall–Kier alpha value is -2.57. The van der Waals surface area contributed by atoms with E-state index in [-0.39, 0.29) is 18.5 Å². The number of ether oxygens (including phenoxy) is 1. The van der Waals surface area contributed by atoms with Crippen molar-refractivity contribution in [1.82, 2.24) is 15.5 Å². The highest BCUT2D eigenvalue weighted by Gasteiger charge is 2.44. The van der Waals surface area contributed by atoms with Crippen LogP contribution in [0.2, 0.25) is 0 Å². The largest absolute Gasteiger partial charge is 0.497 e. The minimum Gasteiger partial charge on any atom is -0.497 e. The number of urea groups is 1. The molecule has 2 rings (SSSR count). The van der Waals surface area contributed by atoms with E-state index in [4.69, 9.17) is 4.74 Å². The summed E-state index contributed by atoms with van der Waals surface area (Å²) in [5, 5.41) is 5.42. The van der Waals surface area contributed by atoms with E-state index in [1.807, 2.05) is 31.2 Å². The maximum atomic E-state index is 12.3. The number of rotatable bonds is 6. The van der Waals surface area contributed by atoms with Crippen molar-refractivity contribution in [2.45, 2.75) is 38.8 Å². The standard InChI is InChI=1S/C17H23N3O4/c1-5-13(11-6-8-12(24-4)9-7-11)18-14(21)10-20-15(22)17(2,3)19-16(20)23/h6-9,13H,5,10H2,1-4H3,(H,18,21)(H,19,23)/t13-/m1/s1. The van der Waals surface area contributed by atoms with Gasteiger partial charge in [0.2, 0.25) is 5.91 Å². The van der Waals surface area contributed by atoms with Crippen LogP contribution in [0.5, 0.6) is 5.75 Å². The molecule has 1 fully saturated rings. The number of nitrogens with zero attached hydrogens (tertiary/aromatic N) is 1.